The lowest BCUT2D eigenvalue weighted by atomic mass is 9.94. The number of aromatic nitrogens is 1. The fraction of sp³-hybridized carbons (Fsp3) is 0.333. The summed E-state index contributed by atoms with van der Waals surface area (Å²) >= 11 is 0. The van der Waals surface area contributed by atoms with E-state index in [0.29, 0.717) is 29.6 Å². The number of nitrogens with one attached hydrogen (secondary N) is 1. The van der Waals surface area contributed by atoms with Crippen LogP contribution in [0.5, 0.6) is 5.88 Å². The number of hydrogen-bond donors (Lipinski definition) is 1. The van der Waals surface area contributed by atoms with Crippen molar-refractivity contribution in [3.05, 3.63) is 59.0 Å². The highest BCUT2D eigenvalue weighted by Crippen LogP contribution is 2.28. The number of piperidine rings is 1. The van der Waals surface area contributed by atoms with Gasteiger partial charge in [0.2, 0.25) is 5.88 Å². The molecule has 0 amide bonds. The summed E-state index contributed by atoms with van der Waals surface area (Å²) < 4.78 is 19.4. The van der Waals surface area contributed by atoms with Gasteiger partial charge < -0.3 is 14.5 Å². The number of rotatable bonds is 4. The highest BCUT2D eigenvalue weighted by molar-refractivity contribution is 5.86. The third kappa shape index (κ3) is 3.29. The van der Waals surface area contributed by atoms with Crippen LogP contribution < -0.4 is 10.0 Å². The van der Waals surface area contributed by atoms with Crippen molar-refractivity contribution >= 4 is 11.0 Å². The minimum Gasteiger partial charge on any atom is -0.473 e. The average molecular weight is 348 g/mol. The van der Waals surface area contributed by atoms with Crippen molar-refractivity contribution in [1.82, 2.24) is 10.3 Å². The fourth-order valence-electron chi connectivity index (χ4n) is 3.45. The molecule has 1 aromatic carbocycles. The van der Waals surface area contributed by atoms with Gasteiger partial charge in [-0.25, -0.2) is 4.98 Å². The van der Waals surface area contributed by atoms with Gasteiger partial charge in [0, 0.05) is 28.6 Å². The SMILES string of the molecule is [2H]N1CCC(c2cccc(OCc3ccc(C#N)c4cc(C)oc34)n2)CC1. The van der Waals surface area contributed by atoms with Crippen LogP contribution >= 0.6 is 0 Å². The van der Waals surface area contributed by atoms with Crippen molar-refractivity contribution in [2.45, 2.75) is 32.3 Å². The number of pyridine rings is 1. The predicted octanol–water partition coefficient (Wildman–Crippen LogP) is 4.05. The number of furan rings is 1. The van der Waals surface area contributed by atoms with E-state index in [1.165, 1.54) is 0 Å². The summed E-state index contributed by atoms with van der Waals surface area (Å²) in [5, 5.41) is 11.7. The Bertz CT molecular complexity index is 1000. The maximum absolute atomic E-state index is 9.27. The Morgan fingerprint density at radius 1 is 1.35 bits per heavy atom. The largest absolute Gasteiger partial charge is 0.473 e. The molecule has 0 spiro atoms. The van der Waals surface area contributed by atoms with Crippen LogP contribution in [0.15, 0.2) is 40.8 Å². The first-order valence-corrected chi connectivity index (χ1v) is 8.90. The van der Waals surface area contributed by atoms with E-state index in [-0.39, 0.29) is 0 Å². The standard InChI is InChI=1S/C21H21N3O2/c1-14-11-18-16(12-22)5-6-17(21(18)26-14)13-25-20-4-2-3-19(24-20)15-7-9-23-10-8-15/h2-6,11,15,23H,7-10,13H2,1H3/i/hD. The van der Waals surface area contributed by atoms with Crippen LogP contribution in [0.2, 0.25) is 1.41 Å². The lowest BCUT2D eigenvalue weighted by Gasteiger charge is -2.22. The number of hydrogen-bond acceptors (Lipinski definition) is 5. The van der Waals surface area contributed by atoms with Crippen molar-refractivity contribution < 1.29 is 10.6 Å². The third-order valence-corrected chi connectivity index (χ3v) is 4.82. The molecule has 5 nitrogen and oxygen atoms in total. The minimum atomic E-state index is 0.330. The maximum Gasteiger partial charge on any atom is 0.213 e. The Kier molecular flexibility index (Phi) is 4.26. The van der Waals surface area contributed by atoms with Crippen LogP contribution in [0.4, 0.5) is 0 Å². The molecule has 1 N–H and O–H groups in total. The zero-order valence-electron chi connectivity index (χ0n) is 15.7. The fourth-order valence-corrected chi connectivity index (χ4v) is 3.45. The molecular formula is C21H21N3O2. The van der Waals surface area contributed by atoms with Crippen LogP contribution in [0.3, 0.4) is 0 Å². The lowest BCUT2D eigenvalue weighted by molar-refractivity contribution is 0.291. The van der Waals surface area contributed by atoms with Gasteiger partial charge in [0.05, 0.1) is 11.6 Å². The van der Waals surface area contributed by atoms with E-state index in [1.807, 2.05) is 37.3 Å². The number of nitriles is 1. The highest BCUT2D eigenvalue weighted by atomic mass is 16.5. The molecule has 0 aliphatic carbocycles. The van der Waals surface area contributed by atoms with Crippen LogP contribution in [0.25, 0.3) is 11.0 Å². The normalized spacial score (nSPS) is 16.4. The van der Waals surface area contributed by atoms with Gasteiger partial charge in [-0.15, -0.1) is 0 Å². The van der Waals surface area contributed by atoms with Crippen LogP contribution in [0.1, 0.15) is 41.3 Å². The van der Waals surface area contributed by atoms with Gasteiger partial charge >= 0.3 is 0 Å². The van der Waals surface area contributed by atoms with Crippen molar-refractivity contribution in [2.24, 2.45) is 0 Å². The van der Waals surface area contributed by atoms with Crippen LogP contribution in [0, 0.1) is 18.3 Å². The molecule has 26 heavy (non-hydrogen) atoms. The second-order valence-electron chi connectivity index (χ2n) is 6.62. The Hall–Kier alpha value is -2.84. The van der Waals surface area contributed by atoms with Gasteiger partial charge in [-0.05, 0) is 51.1 Å². The van der Waals surface area contributed by atoms with Gasteiger partial charge in [0.25, 0.3) is 0 Å². The van der Waals surface area contributed by atoms with Crippen molar-refractivity contribution in [1.29, 1.82) is 5.26 Å². The molecule has 1 aliphatic rings. The average Bonchev–Trinajstić information content (AvgIpc) is 3.08. The molecular weight excluding hydrogens is 326 g/mol. The molecule has 5 heteroatoms. The summed E-state index contributed by atoms with van der Waals surface area (Å²) in [7, 11) is 0. The van der Waals surface area contributed by atoms with Gasteiger partial charge in [0.1, 0.15) is 19.4 Å². The van der Waals surface area contributed by atoms with E-state index in [2.05, 4.69) is 11.1 Å². The van der Waals surface area contributed by atoms with E-state index in [0.717, 1.165) is 48.3 Å². The molecule has 3 heterocycles. The Balaban J connectivity index is 1.52. The Morgan fingerprint density at radius 2 is 2.19 bits per heavy atom. The van der Waals surface area contributed by atoms with Crippen LogP contribution in [-0.4, -0.2) is 18.1 Å². The summed E-state index contributed by atoms with van der Waals surface area (Å²) in [4.78, 5) is 4.67. The Morgan fingerprint density at radius 3 is 3.00 bits per heavy atom. The van der Waals surface area contributed by atoms with Gasteiger partial charge in [-0.1, -0.05) is 12.1 Å². The molecule has 1 saturated heterocycles. The summed E-state index contributed by atoms with van der Waals surface area (Å²) in [5.74, 6) is 1.74. The molecule has 0 radical (unpaired) electrons. The monoisotopic (exact) mass is 348 g/mol. The summed E-state index contributed by atoms with van der Waals surface area (Å²) in [6.07, 6.45) is 1.89. The third-order valence-electron chi connectivity index (χ3n) is 4.82. The second kappa shape index (κ2) is 7.19. The first-order valence-electron chi connectivity index (χ1n) is 9.34. The minimum absolute atomic E-state index is 0.330. The molecule has 132 valence electrons. The number of fused-ring (bicyclic) bond motifs is 1. The lowest BCUT2D eigenvalue weighted by Crippen LogP contribution is -2.27. The van der Waals surface area contributed by atoms with Gasteiger partial charge in [-0.2, -0.15) is 5.26 Å². The van der Waals surface area contributed by atoms with Crippen molar-refractivity contribution in [3.8, 4) is 11.9 Å². The first kappa shape index (κ1) is 15.4. The zero-order valence-corrected chi connectivity index (χ0v) is 14.7. The van der Waals surface area contributed by atoms with E-state index in [1.54, 1.807) is 11.4 Å². The van der Waals surface area contributed by atoms with Gasteiger partial charge in [-0.3, -0.25) is 0 Å². The van der Waals surface area contributed by atoms with Crippen molar-refractivity contribution in [3.63, 3.8) is 0 Å². The number of ether oxygens (including phenoxy) is 1. The molecule has 3 aromatic rings. The molecule has 0 unspecified atom stereocenters. The summed E-state index contributed by atoms with van der Waals surface area (Å²) in [5.41, 5.74) is 3.23. The van der Waals surface area contributed by atoms with Gasteiger partial charge in [0.15, 0.2) is 0 Å². The summed E-state index contributed by atoms with van der Waals surface area (Å²) in [6, 6.07) is 13.6. The smallest absolute Gasteiger partial charge is 0.213 e. The topological polar surface area (TPSA) is 71.1 Å². The molecule has 0 saturated carbocycles. The van der Waals surface area contributed by atoms with E-state index in [9.17, 15) is 5.26 Å². The zero-order chi connectivity index (χ0) is 18.8. The number of aryl methyl sites for hydroxylation is 1. The van der Waals surface area contributed by atoms with Crippen molar-refractivity contribution in [2.75, 3.05) is 13.1 Å². The van der Waals surface area contributed by atoms with E-state index < -0.39 is 0 Å². The maximum atomic E-state index is 9.27. The first-order chi connectivity index (χ1) is 13.1. The van der Waals surface area contributed by atoms with E-state index >= 15 is 0 Å². The molecule has 0 atom stereocenters. The molecule has 1 fully saturated rings. The summed E-state index contributed by atoms with van der Waals surface area (Å²) in [6.45, 7) is 3.76. The highest BCUT2D eigenvalue weighted by Gasteiger charge is 2.17. The quantitative estimate of drug-likeness (QED) is 0.770. The predicted molar refractivity (Wildman–Crippen MR) is 99.1 cm³/mol. The molecule has 0 bridgehead atoms. The second-order valence-corrected chi connectivity index (χ2v) is 6.62. The molecule has 4 rings (SSSR count). The molecule has 1 aliphatic heterocycles. The van der Waals surface area contributed by atoms with E-state index in [4.69, 9.17) is 10.6 Å². The molecule has 2 aromatic heterocycles. The number of nitrogens with zero attached hydrogens (tertiary/aromatic N) is 2. The Labute approximate surface area is 154 Å². The van der Waals surface area contributed by atoms with Crippen LogP contribution in [-0.2, 0) is 6.61 Å². The number of benzene rings is 1.